The van der Waals surface area contributed by atoms with E-state index in [-0.39, 0.29) is 5.91 Å². The van der Waals surface area contributed by atoms with Gasteiger partial charge in [-0.1, -0.05) is 29.3 Å². The molecule has 2 N–H and O–H groups in total. The summed E-state index contributed by atoms with van der Waals surface area (Å²) in [6, 6.07) is 11.4. The van der Waals surface area contributed by atoms with Crippen molar-refractivity contribution in [3.05, 3.63) is 63.8 Å². The van der Waals surface area contributed by atoms with E-state index in [1.165, 1.54) is 24.9 Å². The Morgan fingerprint density at radius 3 is 2.64 bits per heavy atom. The van der Waals surface area contributed by atoms with Crippen LogP contribution in [0.2, 0.25) is 10.0 Å². The lowest BCUT2D eigenvalue weighted by Crippen LogP contribution is -2.30. The number of halogens is 2. The number of nitrogens with one attached hydrogen (secondary N) is 2. The zero-order valence-electron chi connectivity index (χ0n) is 20.0. The highest BCUT2D eigenvalue weighted by Gasteiger charge is 2.17. The van der Waals surface area contributed by atoms with Crippen LogP contribution in [0.25, 0.3) is 11.3 Å². The van der Waals surface area contributed by atoms with Crippen molar-refractivity contribution in [2.24, 2.45) is 0 Å². The molecule has 1 fully saturated rings. The number of fused-ring (bicyclic) bond motifs is 9. The smallest absolute Gasteiger partial charge is 0.251 e. The first-order valence-corrected chi connectivity index (χ1v) is 13.2. The Bertz CT molecular complexity index is 1250. The summed E-state index contributed by atoms with van der Waals surface area (Å²) in [6.45, 7) is 3.82. The highest BCUT2D eigenvalue weighted by Crippen LogP contribution is 2.34. The first kappa shape index (κ1) is 24.8. The van der Waals surface area contributed by atoms with Crippen molar-refractivity contribution in [1.82, 2.24) is 15.3 Å². The van der Waals surface area contributed by atoms with Gasteiger partial charge in [0.1, 0.15) is 0 Å². The van der Waals surface area contributed by atoms with Crippen LogP contribution in [0.1, 0.15) is 48.0 Å². The molecule has 2 aromatic carbocycles. The van der Waals surface area contributed by atoms with Gasteiger partial charge in [0.05, 0.1) is 28.5 Å². The molecule has 7 nitrogen and oxygen atoms in total. The zero-order chi connectivity index (χ0) is 24.9. The third-order valence-electron chi connectivity index (χ3n) is 6.52. The van der Waals surface area contributed by atoms with Crippen molar-refractivity contribution >= 4 is 46.4 Å². The number of amides is 1. The van der Waals surface area contributed by atoms with Crippen molar-refractivity contribution < 1.29 is 9.53 Å². The predicted octanol–water partition coefficient (Wildman–Crippen LogP) is 6.22. The number of aromatic nitrogens is 2. The normalized spacial score (nSPS) is 16.9. The number of hydrogen-bond donors (Lipinski definition) is 2. The van der Waals surface area contributed by atoms with E-state index >= 15 is 0 Å². The number of ether oxygens (including phenoxy) is 1. The highest BCUT2D eigenvalue weighted by atomic mass is 35.5. The third kappa shape index (κ3) is 5.75. The summed E-state index contributed by atoms with van der Waals surface area (Å²) in [5.41, 5.74) is 4.83. The lowest BCUT2D eigenvalue weighted by atomic mass is 10.1. The second kappa shape index (κ2) is 11.5. The van der Waals surface area contributed by atoms with Crippen LogP contribution in [0.15, 0.2) is 42.6 Å². The van der Waals surface area contributed by atoms with Gasteiger partial charge in [-0.15, -0.1) is 0 Å². The van der Waals surface area contributed by atoms with Crippen LogP contribution in [-0.2, 0) is 11.3 Å². The lowest BCUT2D eigenvalue weighted by Gasteiger charge is -2.31. The second-order valence-corrected chi connectivity index (χ2v) is 9.93. The molecule has 0 saturated carbocycles. The maximum Gasteiger partial charge on any atom is 0.251 e. The summed E-state index contributed by atoms with van der Waals surface area (Å²) in [4.78, 5) is 24.0. The van der Waals surface area contributed by atoms with E-state index in [0.717, 1.165) is 37.2 Å². The molecule has 0 radical (unpaired) electrons. The Labute approximate surface area is 221 Å². The van der Waals surface area contributed by atoms with E-state index in [0.29, 0.717) is 52.6 Å². The molecular formula is C27H29Cl2N5O2. The number of nitrogens with zero attached hydrogens (tertiary/aromatic N) is 3. The maximum atomic E-state index is 12.6. The van der Waals surface area contributed by atoms with Gasteiger partial charge in [-0.2, -0.15) is 0 Å². The minimum Gasteiger partial charge on any atom is -0.377 e. The summed E-state index contributed by atoms with van der Waals surface area (Å²) in [7, 11) is 0. The molecule has 1 amide bonds. The van der Waals surface area contributed by atoms with Crippen LogP contribution in [0.4, 0.5) is 17.3 Å². The third-order valence-corrected chi connectivity index (χ3v) is 7.11. The molecule has 3 aliphatic rings. The molecule has 0 atom stereocenters. The first-order chi connectivity index (χ1) is 17.6. The lowest BCUT2D eigenvalue weighted by molar-refractivity contribution is 0.0946. The van der Waals surface area contributed by atoms with Gasteiger partial charge in [-0.05, 0) is 62.4 Å². The summed E-state index contributed by atoms with van der Waals surface area (Å²) < 4.78 is 6.06. The molecule has 0 unspecified atom stereocenters. The van der Waals surface area contributed by atoms with Crippen molar-refractivity contribution in [2.75, 3.05) is 36.5 Å². The number of benzene rings is 2. The Kier molecular flexibility index (Phi) is 7.90. The summed E-state index contributed by atoms with van der Waals surface area (Å²) >= 11 is 13.0. The van der Waals surface area contributed by atoms with Gasteiger partial charge in [0, 0.05) is 54.3 Å². The molecule has 4 heterocycles. The van der Waals surface area contributed by atoms with Crippen molar-refractivity contribution in [1.29, 1.82) is 0 Å². The van der Waals surface area contributed by atoms with Crippen LogP contribution in [-0.4, -0.2) is 42.1 Å². The second-order valence-electron chi connectivity index (χ2n) is 9.12. The first-order valence-electron chi connectivity index (χ1n) is 12.4. The Balaban J connectivity index is 1.50. The van der Waals surface area contributed by atoms with E-state index in [1.54, 1.807) is 24.4 Å². The molecule has 1 saturated heterocycles. The predicted molar refractivity (Wildman–Crippen MR) is 144 cm³/mol. The van der Waals surface area contributed by atoms with E-state index in [2.05, 4.69) is 37.6 Å². The number of anilines is 3. The van der Waals surface area contributed by atoms with Gasteiger partial charge < -0.3 is 20.3 Å². The molecule has 3 aromatic rings. The van der Waals surface area contributed by atoms with Crippen LogP contribution in [0.5, 0.6) is 0 Å². The Morgan fingerprint density at radius 2 is 1.81 bits per heavy atom. The minimum absolute atomic E-state index is 0.166. The molecule has 6 bridgehead atoms. The van der Waals surface area contributed by atoms with Crippen LogP contribution >= 0.6 is 23.2 Å². The number of carbonyl (C=O) groups is 1. The number of carbonyl (C=O) groups excluding carboxylic acids is 1. The van der Waals surface area contributed by atoms with E-state index in [1.807, 2.05) is 6.07 Å². The highest BCUT2D eigenvalue weighted by molar-refractivity contribution is 6.36. The SMILES string of the molecule is O=C1NCCCCOCc2cc(ccc2N2CCCCC2)Nc2ncc(Cl)c(n2)-c2ccc1cc2Cl. The molecule has 1 aromatic heterocycles. The molecule has 6 rings (SSSR count). The minimum atomic E-state index is -0.166. The molecule has 0 spiro atoms. The van der Waals surface area contributed by atoms with Crippen LogP contribution in [0.3, 0.4) is 0 Å². The summed E-state index contributed by atoms with van der Waals surface area (Å²) in [5.74, 6) is 0.239. The fraction of sp³-hybridized carbons (Fsp3) is 0.370. The number of rotatable bonds is 1. The average Bonchev–Trinajstić information content (AvgIpc) is 2.89. The molecule has 3 aliphatic heterocycles. The van der Waals surface area contributed by atoms with E-state index < -0.39 is 0 Å². The fourth-order valence-electron chi connectivity index (χ4n) is 4.63. The molecule has 9 heteroatoms. The number of hydrogen-bond acceptors (Lipinski definition) is 6. The van der Waals surface area contributed by atoms with Crippen molar-refractivity contribution in [3.63, 3.8) is 0 Å². The Morgan fingerprint density at radius 1 is 0.944 bits per heavy atom. The van der Waals surface area contributed by atoms with Crippen molar-refractivity contribution in [2.45, 2.75) is 38.7 Å². The molecular weight excluding hydrogens is 497 g/mol. The molecule has 36 heavy (non-hydrogen) atoms. The van der Waals surface area contributed by atoms with Gasteiger partial charge in [0.15, 0.2) is 0 Å². The monoisotopic (exact) mass is 525 g/mol. The van der Waals surface area contributed by atoms with E-state index in [9.17, 15) is 4.79 Å². The van der Waals surface area contributed by atoms with Gasteiger partial charge in [-0.3, -0.25) is 4.79 Å². The average molecular weight is 526 g/mol. The summed E-state index contributed by atoms with van der Waals surface area (Å²) in [5, 5.41) is 7.04. The van der Waals surface area contributed by atoms with Crippen LogP contribution < -0.4 is 15.5 Å². The van der Waals surface area contributed by atoms with Crippen molar-refractivity contribution in [3.8, 4) is 11.3 Å². The fourth-order valence-corrected chi connectivity index (χ4v) is 5.09. The van der Waals surface area contributed by atoms with Crippen LogP contribution in [0, 0.1) is 0 Å². The van der Waals surface area contributed by atoms with Gasteiger partial charge in [-0.25, -0.2) is 9.97 Å². The van der Waals surface area contributed by atoms with Gasteiger partial charge >= 0.3 is 0 Å². The topological polar surface area (TPSA) is 79.4 Å². The van der Waals surface area contributed by atoms with Gasteiger partial charge in [0.2, 0.25) is 5.95 Å². The quantitative estimate of drug-likeness (QED) is 0.392. The maximum absolute atomic E-state index is 12.6. The zero-order valence-corrected chi connectivity index (χ0v) is 21.5. The number of piperidine rings is 1. The summed E-state index contributed by atoms with van der Waals surface area (Å²) in [6.07, 6.45) is 6.93. The van der Waals surface area contributed by atoms with Gasteiger partial charge in [0.25, 0.3) is 5.91 Å². The van der Waals surface area contributed by atoms with E-state index in [4.69, 9.17) is 27.9 Å². The molecule has 188 valence electrons. The largest absolute Gasteiger partial charge is 0.377 e. The molecule has 0 aliphatic carbocycles. The standard InChI is InChI=1S/C27H29Cl2N5O2/c28-22-15-18-6-8-21(22)25-23(29)16-31-27(33-25)32-20-7-9-24(34-11-3-1-4-12-34)19(14-20)17-36-13-5-2-10-30-26(18)35/h6-9,14-16H,1-5,10-13,17H2,(H,30,35)(H,31,32,33). The Hall–Kier alpha value is -2.87.